The molecule has 0 unspecified atom stereocenters. The third-order valence-electron chi connectivity index (χ3n) is 4.92. The van der Waals surface area contributed by atoms with Gasteiger partial charge >= 0.3 is 0 Å². The van der Waals surface area contributed by atoms with Gasteiger partial charge in [0.2, 0.25) is 0 Å². The molecular formula is C18H18N2O2. The second-order valence-electron chi connectivity index (χ2n) is 6.34. The van der Waals surface area contributed by atoms with Gasteiger partial charge in [-0.15, -0.1) is 0 Å². The van der Waals surface area contributed by atoms with Gasteiger partial charge in [-0.1, -0.05) is 24.3 Å². The minimum absolute atomic E-state index is 0.00987. The molecule has 2 aliphatic rings. The number of fused-ring (bicyclic) bond motifs is 3. The largest absolute Gasteiger partial charge is 0.507 e. The summed E-state index contributed by atoms with van der Waals surface area (Å²) in [6, 6.07) is 11.0. The third kappa shape index (κ3) is 2.25. The van der Waals surface area contributed by atoms with Gasteiger partial charge in [-0.25, -0.2) is 5.43 Å². The van der Waals surface area contributed by atoms with Crippen LogP contribution in [0, 0.1) is 11.8 Å². The number of benzene rings is 2. The molecule has 0 saturated heterocycles. The summed E-state index contributed by atoms with van der Waals surface area (Å²) >= 11 is 0. The van der Waals surface area contributed by atoms with Crippen molar-refractivity contribution in [2.45, 2.75) is 25.7 Å². The van der Waals surface area contributed by atoms with Crippen molar-refractivity contribution < 1.29 is 9.90 Å². The van der Waals surface area contributed by atoms with Crippen molar-refractivity contribution in [3.63, 3.8) is 0 Å². The quantitative estimate of drug-likeness (QED) is 0.833. The van der Waals surface area contributed by atoms with E-state index in [0.29, 0.717) is 5.92 Å². The lowest BCUT2D eigenvalue weighted by Crippen LogP contribution is -2.22. The summed E-state index contributed by atoms with van der Waals surface area (Å²) in [5.41, 5.74) is 4.01. The monoisotopic (exact) mass is 294 g/mol. The molecule has 4 rings (SSSR count). The molecule has 2 N–H and O–H groups in total. The average molecular weight is 294 g/mol. The lowest BCUT2D eigenvalue weighted by Gasteiger charge is -2.12. The fourth-order valence-corrected chi connectivity index (χ4v) is 3.76. The highest BCUT2D eigenvalue weighted by Gasteiger charge is 2.36. The maximum Gasteiger partial charge on any atom is 0.275 e. The Hall–Kier alpha value is -2.36. The van der Waals surface area contributed by atoms with Crippen LogP contribution in [0.15, 0.2) is 41.5 Å². The van der Waals surface area contributed by atoms with Crippen LogP contribution in [0.3, 0.4) is 0 Å². The average Bonchev–Trinajstić information content (AvgIpc) is 3.14. The first-order chi connectivity index (χ1) is 10.7. The number of aromatic hydroxyl groups is 1. The molecular weight excluding hydrogens is 276 g/mol. The summed E-state index contributed by atoms with van der Waals surface area (Å²) in [6.45, 7) is 0. The molecule has 2 saturated carbocycles. The van der Waals surface area contributed by atoms with E-state index in [1.807, 2.05) is 24.3 Å². The first kappa shape index (κ1) is 13.3. The van der Waals surface area contributed by atoms with E-state index < -0.39 is 0 Å². The van der Waals surface area contributed by atoms with Crippen molar-refractivity contribution in [3.05, 3.63) is 42.0 Å². The van der Waals surface area contributed by atoms with Gasteiger partial charge in [-0.2, -0.15) is 5.10 Å². The molecule has 2 bridgehead atoms. The minimum atomic E-state index is -0.349. The van der Waals surface area contributed by atoms with Crippen LogP contribution in [0.2, 0.25) is 0 Å². The molecule has 0 heterocycles. The molecule has 2 atom stereocenters. The molecule has 2 aromatic carbocycles. The second-order valence-corrected chi connectivity index (χ2v) is 6.34. The Labute approximate surface area is 128 Å². The molecule has 0 radical (unpaired) electrons. The van der Waals surface area contributed by atoms with E-state index in [9.17, 15) is 9.90 Å². The van der Waals surface area contributed by atoms with Crippen LogP contribution in [0.4, 0.5) is 0 Å². The Kier molecular flexibility index (Phi) is 3.10. The Morgan fingerprint density at radius 2 is 1.95 bits per heavy atom. The van der Waals surface area contributed by atoms with Crippen LogP contribution in [-0.2, 0) is 0 Å². The summed E-state index contributed by atoms with van der Waals surface area (Å²) in [7, 11) is 0. The zero-order chi connectivity index (χ0) is 15.1. The van der Waals surface area contributed by atoms with Crippen LogP contribution < -0.4 is 5.43 Å². The van der Waals surface area contributed by atoms with Gasteiger partial charge in [0.25, 0.3) is 5.91 Å². The fourth-order valence-electron chi connectivity index (χ4n) is 3.76. The van der Waals surface area contributed by atoms with Gasteiger partial charge in [0.15, 0.2) is 0 Å². The van der Waals surface area contributed by atoms with Crippen molar-refractivity contribution in [1.29, 1.82) is 0 Å². The number of carbonyl (C=O) groups is 1. The van der Waals surface area contributed by atoms with E-state index >= 15 is 0 Å². The van der Waals surface area contributed by atoms with Crippen molar-refractivity contribution in [2.24, 2.45) is 16.9 Å². The van der Waals surface area contributed by atoms with E-state index in [1.54, 1.807) is 12.1 Å². The Balaban J connectivity index is 1.57. The molecule has 4 nitrogen and oxygen atoms in total. The number of hydrazone groups is 1. The number of hydrogen-bond acceptors (Lipinski definition) is 3. The first-order valence-corrected chi connectivity index (χ1v) is 7.79. The number of carbonyl (C=O) groups excluding carboxylic acids is 1. The predicted octanol–water partition coefficient (Wildman–Crippen LogP) is 3.45. The summed E-state index contributed by atoms with van der Waals surface area (Å²) < 4.78 is 0. The van der Waals surface area contributed by atoms with Gasteiger partial charge in [-0.05, 0) is 60.4 Å². The van der Waals surface area contributed by atoms with E-state index in [2.05, 4.69) is 10.5 Å². The molecule has 2 aromatic rings. The molecule has 2 aliphatic carbocycles. The standard InChI is InChI=1S/C18H18N2O2/c21-17-10-13-4-2-1-3-12(13)9-15(17)18(22)20-19-16-8-11-5-6-14(16)7-11/h1-4,9-11,14,21H,5-8H2,(H,20,22)/b19-16+/t11-,14+/m1/s1. The second kappa shape index (κ2) is 5.13. The van der Waals surface area contributed by atoms with Crippen LogP contribution in [0.5, 0.6) is 5.75 Å². The number of amides is 1. The normalized spacial score (nSPS) is 25.0. The topological polar surface area (TPSA) is 61.7 Å². The lowest BCUT2D eigenvalue weighted by molar-refractivity contribution is 0.0952. The summed E-state index contributed by atoms with van der Waals surface area (Å²) in [5.74, 6) is 0.952. The summed E-state index contributed by atoms with van der Waals surface area (Å²) in [6.07, 6.45) is 4.72. The number of nitrogens with one attached hydrogen (secondary N) is 1. The highest BCUT2D eigenvalue weighted by Crippen LogP contribution is 2.42. The zero-order valence-corrected chi connectivity index (χ0v) is 12.2. The fraction of sp³-hybridized carbons (Fsp3) is 0.333. The Bertz CT molecular complexity index is 782. The van der Waals surface area contributed by atoms with E-state index in [-0.39, 0.29) is 17.2 Å². The van der Waals surface area contributed by atoms with Crippen LogP contribution >= 0.6 is 0 Å². The van der Waals surface area contributed by atoms with E-state index in [1.165, 1.54) is 19.3 Å². The van der Waals surface area contributed by atoms with Gasteiger partial charge in [0, 0.05) is 5.71 Å². The summed E-state index contributed by atoms with van der Waals surface area (Å²) in [4.78, 5) is 12.3. The van der Waals surface area contributed by atoms with Crippen molar-refractivity contribution in [1.82, 2.24) is 5.43 Å². The number of nitrogens with zero attached hydrogens (tertiary/aromatic N) is 1. The van der Waals surface area contributed by atoms with Gasteiger partial charge in [0.05, 0.1) is 5.56 Å². The zero-order valence-electron chi connectivity index (χ0n) is 12.2. The smallest absolute Gasteiger partial charge is 0.275 e. The SMILES string of the molecule is O=C(N/N=C1\C[C@@H]2CC[C@H]1C2)c1cc2ccccc2cc1O. The van der Waals surface area contributed by atoms with E-state index in [0.717, 1.165) is 28.8 Å². The maximum absolute atomic E-state index is 12.3. The Morgan fingerprint density at radius 1 is 1.18 bits per heavy atom. The molecule has 112 valence electrons. The molecule has 0 aromatic heterocycles. The van der Waals surface area contributed by atoms with Gasteiger partial charge in [-0.3, -0.25) is 4.79 Å². The number of phenolic OH excluding ortho intramolecular Hbond substituents is 1. The summed E-state index contributed by atoms with van der Waals surface area (Å²) in [5, 5.41) is 16.2. The highest BCUT2D eigenvalue weighted by atomic mass is 16.3. The molecule has 0 aliphatic heterocycles. The molecule has 4 heteroatoms. The third-order valence-corrected chi connectivity index (χ3v) is 4.92. The molecule has 2 fully saturated rings. The lowest BCUT2D eigenvalue weighted by atomic mass is 9.99. The van der Waals surface area contributed by atoms with Crippen molar-refractivity contribution in [2.75, 3.05) is 0 Å². The maximum atomic E-state index is 12.3. The highest BCUT2D eigenvalue weighted by molar-refractivity contribution is 6.02. The van der Waals surface area contributed by atoms with Crippen LogP contribution in [0.1, 0.15) is 36.0 Å². The van der Waals surface area contributed by atoms with Crippen LogP contribution in [-0.4, -0.2) is 16.7 Å². The predicted molar refractivity (Wildman–Crippen MR) is 86.0 cm³/mol. The number of rotatable bonds is 2. The molecule has 1 amide bonds. The number of phenols is 1. The Morgan fingerprint density at radius 3 is 2.64 bits per heavy atom. The number of hydrogen-bond donors (Lipinski definition) is 2. The van der Waals surface area contributed by atoms with Gasteiger partial charge in [0.1, 0.15) is 5.75 Å². The molecule has 22 heavy (non-hydrogen) atoms. The van der Waals surface area contributed by atoms with Crippen molar-refractivity contribution >= 4 is 22.4 Å². The van der Waals surface area contributed by atoms with E-state index in [4.69, 9.17) is 0 Å². The van der Waals surface area contributed by atoms with Gasteiger partial charge < -0.3 is 5.11 Å². The first-order valence-electron chi connectivity index (χ1n) is 7.79. The molecule has 0 spiro atoms. The minimum Gasteiger partial charge on any atom is -0.507 e. The van der Waals surface area contributed by atoms with Crippen LogP contribution in [0.25, 0.3) is 10.8 Å². The van der Waals surface area contributed by atoms with Crippen molar-refractivity contribution in [3.8, 4) is 5.75 Å².